The minimum absolute atomic E-state index is 0.00344. The number of rotatable bonds is 14. The Morgan fingerprint density at radius 1 is 0.894 bits per heavy atom. The van der Waals surface area contributed by atoms with Crippen LogP contribution in [-0.2, 0) is 33.8 Å². The van der Waals surface area contributed by atoms with E-state index < -0.39 is 18.1 Å². The van der Waals surface area contributed by atoms with E-state index in [1.165, 1.54) is 5.56 Å². The third-order valence-corrected chi connectivity index (χ3v) is 10.2. The standard InChI is InChI=1S/C38H50N5O3P/c1-39-33(25-28-9-5-3-6-10-28)36(44)41-35-30(22-24-42(2)26-29-11-7-4-8-12-29)15-16-31-17-20-34(43(31)38(35)46)37(45)40-23-21-27-13-18-32(47)19-14-27/h3-14,18-19,30-31,33-35,39H,15-17,20-26,47H2,1-2H3,(H,40,45)(H,41,44)/t30?,31?,33?,34-,35?/m0/s1. The third-order valence-electron chi connectivity index (χ3n) is 9.78. The number of hydrogen-bond donors (Lipinski definition) is 3. The van der Waals surface area contributed by atoms with Crippen molar-refractivity contribution in [1.29, 1.82) is 0 Å². The minimum atomic E-state index is -0.692. The second-order valence-corrected chi connectivity index (χ2v) is 13.8. The van der Waals surface area contributed by atoms with Gasteiger partial charge in [-0.3, -0.25) is 14.4 Å². The van der Waals surface area contributed by atoms with Crippen molar-refractivity contribution in [2.75, 3.05) is 27.2 Å². The monoisotopic (exact) mass is 655 g/mol. The normalized spacial score (nSPS) is 21.6. The zero-order valence-electron chi connectivity index (χ0n) is 27.7. The maximum absolute atomic E-state index is 14.5. The summed E-state index contributed by atoms with van der Waals surface area (Å²) in [7, 11) is 6.57. The van der Waals surface area contributed by atoms with Gasteiger partial charge in [0.15, 0.2) is 0 Å². The molecule has 3 N–H and O–H groups in total. The maximum atomic E-state index is 14.5. The lowest BCUT2D eigenvalue weighted by atomic mass is 9.89. The first-order valence-electron chi connectivity index (χ1n) is 17.0. The Balaban J connectivity index is 1.29. The largest absolute Gasteiger partial charge is 0.354 e. The minimum Gasteiger partial charge on any atom is -0.354 e. The molecule has 2 saturated heterocycles. The molecule has 0 spiro atoms. The molecule has 250 valence electrons. The lowest BCUT2D eigenvalue weighted by molar-refractivity contribution is -0.143. The summed E-state index contributed by atoms with van der Waals surface area (Å²) in [6, 6.07) is 26.8. The first-order valence-corrected chi connectivity index (χ1v) is 17.6. The predicted octanol–water partition coefficient (Wildman–Crippen LogP) is 3.45. The van der Waals surface area contributed by atoms with Gasteiger partial charge in [-0.2, -0.15) is 0 Å². The SMILES string of the molecule is CNC(Cc1ccccc1)C(=O)NC1C(=O)N2C(CCC1CCN(C)Cc1ccccc1)CC[C@H]2C(=O)NCCc1ccc(P)cc1. The second-order valence-electron chi connectivity index (χ2n) is 13.1. The van der Waals surface area contributed by atoms with E-state index in [2.05, 4.69) is 61.4 Å². The molecule has 3 aromatic carbocycles. The predicted molar refractivity (Wildman–Crippen MR) is 191 cm³/mol. The fourth-order valence-corrected chi connectivity index (χ4v) is 7.30. The first-order chi connectivity index (χ1) is 22.8. The van der Waals surface area contributed by atoms with Crippen molar-refractivity contribution >= 4 is 32.3 Å². The van der Waals surface area contributed by atoms with Crippen molar-refractivity contribution in [2.24, 2.45) is 5.92 Å². The van der Waals surface area contributed by atoms with Gasteiger partial charge in [0, 0.05) is 19.1 Å². The molecule has 0 radical (unpaired) electrons. The van der Waals surface area contributed by atoms with Crippen LogP contribution in [0.4, 0.5) is 0 Å². The van der Waals surface area contributed by atoms with Gasteiger partial charge in [-0.1, -0.05) is 84.9 Å². The van der Waals surface area contributed by atoms with Crippen LogP contribution in [0.5, 0.6) is 0 Å². The summed E-state index contributed by atoms with van der Waals surface area (Å²) in [6.45, 7) is 2.12. The number of hydrogen-bond acceptors (Lipinski definition) is 5. The Hall–Kier alpha value is -3.58. The molecule has 5 unspecified atom stereocenters. The quantitative estimate of drug-likeness (QED) is 0.232. The molecule has 2 heterocycles. The van der Waals surface area contributed by atoms with Gasteiger partial charge in [0.05, 0.1) is 6.04 Å². The van der Waals surface area contributed by atoms with Crippen LogP contribution in [0, 0.1) is 5.92 Å². The number of carbonyl (C=O) groups excluding carboxylic acids is 3. The van der Waals surface area contributed by atoms with Crippen LogP contribution in [-0.4, -0.2) is 78.9 Å². The molecule has 3 aromatic rings. The number of amides is 3. The molecule has 0 saturated carbocycles. The van der Waals surface area contributed by atoms with Crippen LogP contribution >= 0.6 is 9.24 Å². The average molecular weight is 656 g/mol. The lowest BCUT2D eigenvalue weighted by Gasteiger charge is -2.33. The average Bonchev–Trinajstić information content (AvgIpc) is 3.47. The van der Waals surface area contributed by atoms with Gasteiger partial charge in [-0.25, -0.2) is 0 Å². The van der Waals surface area contributed by atoms with E-state index in [9.17, 15) is 14.4 Å². The molecule has 3 amide bonds. The van der Waals surface area contributed by atoms with Gasteiger partial charge in [0.1, 0.15) is 12.1 Å². The van der Waals surface area contributed by atoms with Crippen LogP contribution in [0.15, 0.2) is 84.9 Å². The fraction of sp³-hybridized carbons (Fsp3) is 0.447. The molecule has 2 aliphatic heterocycles. The van der Waals surface area contributed by atoms with E-state index >= 15 is 0 Å². The van der Waals surface area contributed by atoms with E-state index in [4.69, 9.17) is 0 Å². The van der Waals surface area contributed by atoms with Crippen LogP contribution in [0.2, 0.25) is 0 Å². The number of benzene rings is 3. The number of nitrogens with one attached hydrogen (secondary N) is 3. The number of nitrogens with zero attached hydrogens (tertiary/aromatic N) is 2. The molecular weight excluding hydrogens is 605 g/mol. The van der Waals surface area contributed by atoms with Crippen LogP contribution in [0.3, 0.4) is 0 Å². The molecule has 8 nitrogen and oxygen atoms in total. The number of fused-ring (bicyclic) bond motifs is 1. The molecule has 0 bridgehead atoms. The highest BCUT2D eigenvalue weighted by molar-refractivity contribution is 7.27. The van der Waals surface area contributed by atoms with Crippen molar-refractivity contribution in [3.8, 4) is 0 Å². The Morgan fingerprint density at radius 2 is 1.55 bits per heavy atom. The van der Waals surface area contributed by atoms with E-state index in [0.29, 0.717) is 19.4 Å². The summed E-state index contributed by atoms with van der Waals surface area (Å²) < 4.78 is 0. The molecule has 0 aliphatic carbocycles. The van der Waals surface area contributed by atoms with Gasteiger partial charge < -0.3 is 25.8 Å². The zero-order chi connectivity index (χ0) is 33.2. The summed E-state index contributed by atoms with van der Waals surface area (Å²) >= 11 is 0. The van der Waals surface area contributed by atoms with E-state index in [1.807, 2.05) is 65.6 Å². The van der Waals surface area contributed by atoms with Gasteiger partial charge in [-0.05, 0) is 93.5 Å². The van der Waals surface area contributed by atoms with E-state index in [0.717, 1.165) is 61.6 Å². The van der Waals surface area contributed by atoms with Crippen LogP contribution < -0.4 is 21.3 Å². The molecule has 2 aliphatic rings. The van der Waals surface area contributed by atoms with Crippen LogP contribution in [0.25, 0.3) is 0 Å². The molecular formula is C38H50N5O3P. The lowest BCUT2D eigenvalue weighted by Crippen LogP contribution is -2.58. The third kappa shape index (κ3) is 9.50. The summed E-state index contributed by atoms with van der Waals surface area (Å²) in [5.41, 5.74) is 3.45. The molecule has 9 heteroatoms. The van der Waals surface area contributed by atoms with E-state index in [-0.39, 0.29) is 29.7 Å². The molecule has 0 aromatic heterocycles. The Kier molecular flexibility index (Phi) is 12.6. The van der Waals surface area contributed by atoms with Crippen LogP contribution in [0.1, 0.15) is 48.8 Å². The van der Waals surface area contributed by atoms with Crippen molar-refractivity contribution < 1.29 is 14.4 Å². The Bertz CT molecular complexity index is 1460. The van der Waals surface area contributed by atoms with Crippen molar-refractivity contribution in [2.45, 2.75) is 75.7 Å². The number of likely N-dealkylation sites (N-methyl/N-ethyl adjacent to an activating group) is 1. The smallest absolute Gasteiger partial charge is 0.246 e. The summed E-state index contributed by atoms with van der Waals surface area (Å²) in [4.78, 5) is 46.0. The molecule has 47 heavy (non-hydrogen) atoms. The molecule has 5 rings (SSSR count). The first kappa shape index (κ1) is 34.7. The number of carbonyl (C=O) groups is 3. The summed E-state index contributed by atoms with van der Waals surface area (Å²) in [5.74, 6) is -0.452. The Labute approximate surface area is 282 Å². The maximum Gasteiger partial charge on any atom is 0.246 e. The fourth-order valence-electron chi connectivity index (χ4n) is 7.11. The topological polar surface area (TPSA) is 93.8 Å². The summed E-state index contributed by atoms with van der Waals surface area (Å²) in [5, 5.41) is 10.6. The summed E-state index contributed by atoms with van der Waals surface area (Å²) in [6.07, 6.45) is 5.11. The molecule has 6 atom stereocenters. The van der Waals surface area contributed by atoms with Crippen molar-refractivity contribution in [3.63, 3.8) is 0 Å². The highest BCUT2D eigenvalue weighted by atomic mass is 31.0. The highest BCUT2D eigenvalue weighted by Gasteiger charge is 2.47. The van der Waals surface area contributed by atoms with Gasteiger partial charge in [0.2, 0.25) is 17.7 Å². The van der Waals surface area contributed by atoms with Crippen molar-refractivity contribution in [3.05, 3.63) is 102 Å². The van der Waals surface area contributed by atoms with Gasteiger partial charge in [0.25, 0.3) is 0 Å². The van der Waals surface area contributed by atoms with E-state index in [1.54, 1.807) is 7.05 Å². The van der Waals surface area contributed by atoms with Gasteiger partial charge in [-0.15, -0.1) is 9.24 Å². The molecule has 2 fully saturated rings. The Morgan fingerprint density at radius 3 is 2.23 bits per heavy atom. The second kappa shape index (κ2) is 17.0. The zero-order valence-corrected chi connectivity index (χ0v) is 28.9. The highest BCUT2D eigenvalue weighted by Crippen LogP contribution is 2.35. The van der Waals surface area contributed by atoms with Crippen molar-refractivity contribution in [1.82, 2.24) is 25.8 Å². The van der Waals surface area contributed by atoms with Gasteiger partial charge >= 0.3 is 0 Å².